The minimum atomic E-state index is 0.0460. The molecule has 128 valence electrons. The number of nitrogens with one attached hydrogen (secondary N) is 3. The van der Waals surface area contributed by atoms with Crippen LogP contribution in [0, 0.1) is 0 Å². The summed E-state index contributed by atoms with van der Waals surface area (Å²) in [7, 11) is 0. The highest BCUT2D eigenvalue weighted by Gasteiger charge is 2.11. The molecule has 0 radical (unpaired) electrons. The van der Waals surface area contributed by atoms with Crippen LogP contribution in [0.4, 0.5) is 0 Å². The van der Waals surface area contributed by atoms with Crippen molar-refractivity contribution in [1.82, 2.24) is 16.0 Å². The number of hydrogen-bond donors (Lipinski definition) is 3. The largest absolute Gasteiger partial charge is 0.356 e. The summed E-state index contributed by atoms with van der Waals surface area (Å²) in [6.07, 6.45) is 10.3. The van der Waals surface area contributed by atoms with E-state index in [0.29, 0.717) is 31.8 Å². The fraction of sp³-hybridized carbons (Fsp3) is 0.882. The summed E-state index contributed by atoms with van der Waals surface area (Å²) in [5, 5.41) is 9.28. The predicted molar refractivity (Wildman–Crippen MR) is 89.7 cm³/mol. The summed E-state index contributed by atoms with van der Waals surface area (Å²) < 4.78 is 0. The Labute approximate surface area is 135 Å². The quantitative estimate of drug-likeness (QED) is 0.427. The van der Waals surface area contributed by atoms with E-state index >= 15 is 0 Å². The van der Waals surface area contributed by atoms with Crippen LogP contribution in [0.1, 0.15) is 71.1 Å². The highest BCUT2D eigenvalue weighted by molar-refractivity contribution is 5.78. The second kappa shape index (κ2) is 12.4. The number of rotatable bonds is 10. The lowest BCUT2D eigenvalue weighted by atomic mass is 10.1. The van der Waals surface area contributed by atoms with E-state index in [-0.39, 0.29) is 11.8 Å². The molecule has 0 spiro atoms. The van der Waals surface area contributed by atoms with Crippen molar-refractivity contribution in [3.63, 3.8) is 0 Å². The zero-order chi connectivity index (χ0) is 16.0. The van der Waals surface area contributed by atoms with Crippen molar-refractivity contribution in [3.8, 4) is 0 Å². The zero-order valence-electron chi connectivity index (χ0n) is 14.1. The van der Waals surface area contributed by atoms with Crippen LogP contribution in [0.15, 0.2) is 0 Å². The van der Waals surface area contributed by atoms with Crippen molar-refractivity contribution in [1.29, 1.82) is 0 Å². The van der Waals surface area contributed by atoms with E-state index in [4.69, 9.17) is 0 Å². The maximum atomic E-state index is 11.7. The molecule has 3 N–H and O–H groups in total. The average molecular weight is 311 g/mol. The number of carbonyl (C=O) groups excluding carboxylic acids is 2. The Bertz CT molecular complexity index is 313. The van der Waals surface area contributed by atoms with Gasteiger partial charge in [-0.05, 0) is 25.7 Å². The van der Waals surface area contributed by atoms with Crippen molar-refractivity contribution < 1.29 is 9.59 Å². The molecule has 1 fully saturated rings. The normalized spacial score (nSPS) is 16.0. The Hall–Kier alpha value is -1.10. The number of hydrogen-bond acceptors (Lipinski definition) is 3. The summed E-state index contributed by atoms with van der Waals surface area (Å²) in [6, 6.07) is 0.627. The number of carbonyl (C=O) groups is 2. The van der Waals surface area contributed by atoms with E-state index in [9.17, 15) is 9.59 Å². The highest BCUT2D eigenvalue weighted by Crippen LogP contribution is 2.16. The fourth-order valence-electron chi connectivity index (χ4n) is 2.81. The second-order valence-corrected chi connectivity index (χ2v) is 6.20. The van der Waals surface area contributed by atoms with Crippen molar-refractivity contribution in [3.05, 3.63) is 0 Å². The highest BCUT2D eigenvalue weighted by atomic mass is 16.2. The molecule has 0 saturated heterocycles. The molecule has 1 aliphatic rings. The summed E-state index contributed by atoms with van der Waals surface area (Å²) in [5.74, 6) is 0.0932. The topological polar surface area (TPSA) is 70.2 Å². The second-order valence-electron chi connectivity index (χ2n) is 6.20. The molecule has 0 bridgehead atoms. The average Bonchev–Trinajstić information content (AvgIpc) is 2.78. The molecular formula is C17H33N3O2. The van der Waals surface area contributed by atoms with Gasteiger partial charge < -0.3 is 16.0 Å². The molecule has 5 heteroatoms. The molecule has 0 aromatic carbocycles. The van der Waals surface area contributed by atoms with Gasteiger partial charge in [0.15, 0.2) is 0 Å². The maximum Gasteiger partial charge on any atom is 0.220 e. The lowest BCUT2D eigenvalue weighted by Crippen LogP contribution is -2.36. The van der Waals surface area contributed by atoms with Gasteiger partial charge in [-0.25, -0.2) is 0 Å². The SMILES string of the molecule is CCCNC(=O)CCCC(=O)NCCNC1CCCCCC1. The minimum Gasteiger partial charge on any atom is -0.356 e. The molecule has 0 unspecified atom stereocenters. The molecule has 1 saturated carbocycles. The van der Waals surface area contributed by atoms with Gasteiger partial charge in [0.05, 0.1) is 0 Å². The summed E-state index contributed by atoms with van der Waals surface area (Å²) in [5.41, 5.74) is 0. The first kappa shape index (κ1) is 18.9. The third kappa shape index (κ3) is 9.77. The first-order valence-corrected chi connectivity index (χ1v) is 8.99. The van der Waals surface area contributed by atoms with E-state index in [1.54, 1.807) is 0 Å². The van der Waals surface area contributed by atoms with E-state index in [1.165, 1.54) is 38.5 Å². The Morgan fingerprint density at radius 1 is 0.864 bits per heavy atom. The maximum absolute atomic E-state index is 11.7. The third-order valence-corrected chi connectivity index (χ3v) is 4.12. The van der Waals surface area contributed by atoms with Gasteiger partial charge in [-0.1, -0.05) is 32.6 Å². The molecule has 0 aromatic rings. The molecule has 0 aliphatic heterocycles. The van der Waals surface area contributed by atoms with Gasteiger partial charge in [0.25, 0.3) is 0 Å². The molecule has 1 rings (SSSR count). The van der Waals surface area contributed by atoms with Gasteiger partial charge >= 0.3 is 0 Å². The summed E-state index contributed by atoms with van der Waals surface area (Å²) in [4.78, 5) is 23.1. The van der Waals surface area contributed by atoms with Gasteiger partial charge in [-0.3, -0.25) is 9.59 Å². The van der Waals surface area contributed by atoms with Gasteiger partial charge in [0.2, 0.25) is 11.8 Å². The van der Waals surface area contributed by atoms with Gasteiger partial charge in [-0.15, -0.1) is 0 Å². The first-order chi connectivity index (χ1) is 10.7. The van der Waals surface area contributed by atoms with E-state index in [2.05, 4.69) is 16.0 Å². The van der Waals surface area contributed by atoms with Crippen LogP contribution in [0.5, 0.6) is 0 Å². The summed E-state index contributed by atoms with van der Waals surface area (Å²) in [6.45, 7) is 4.26. The third-order valence-electron chi connectivity index (χ3n) is 4.12. The van der Waals surface area contributed by atoms with E-state index < -0.39 is 0 Å². The van der Waals surface area contributed by atoms with Crippen LogP contribution in [-0.4, -0.2) is 37.5 Å². The van der Waals surface area contributed by atoms with Crippen LogP contribution in [0.3, 0.4) is 0 Å². The lowest BCUT2D eigenvalue weighted by molar-refractivity contribution is -0.122. The van der Waals surface area contributed by atoms with Gasteiger partial charge in [0.1, 0.15) is 0 Å². The molecule has 0 atom stereocenters. The van der Waals surface area contributed by atoms with Crippen molar-refractivity contribution in [2.45, 2.75) is 77.2 Å². The van der Waals surface area contributed by atoms with Crippen molar-refractivity contribution >= 4 is 11.8 Å². The molecule has 1 aliphatic carbocycles. The Morgan fingerprint density at radius 2 is 1.45 bits per heavy atom. The lowest BCUT2D eigenvalue weighted by Gasteiger charge is -2.16. The predicted octanol–water partition coefficient (Wildman–Crippen LogP) is 2.11. The monoisotopic (exact) mass is 311 g/mol. The molecule has 0 aromatic heterocycles. The van der Waals surface area contributed by atoms with E-state index in [1.807, 2.05) is 6.92 Å². The van der Waals surface area contributed by atoms with Crippen molar-refractivity contribution in [2.24, 2.45) is 0 Å². The first-order valence-electron chi connectivity index (χ1n) is 8.99. The Balaban J connectivity index is 1.95. The van der Waals surface area contributed by atoms with Gasteiger partial charge in [-0.2, -0.15) is 0 Å². The van der Waals surface area contributed by atoms with Crippen molar-refractivity contribution in [2.75, 3.05) is 19.6 Å². The van der Waals surface area contributed by atoms with Crippen LogP contribution in [-0.2, 0) is 9.59 Å². The molecular weight excluding hydrogens is 278 g/mol. The Morgan fingerprint density at radius 3 is 2.05 bits per heavy atom. The van der Waals surface area contributed by atoms with Crippen LogP contribution < -0.4 is 16.0 Å². The molecule has 22 heavy (non-hydrogen) atoms. The molecule has 5 nitrogen and oxygen atoms in total. The van der Waals surface area contributed by atoms with Crippen LogP contribution >= 0.6 is 0 Å². The zero-order valence-corrected chi connectivity index (χ0v) is 14.1. The molecule has 2 amide bonds. The van der Waals surface area contributed by atoms with Gasteiger partial charge in [0, 0.05) is 38.5 Å². The van der Waals surface area contributed by atoms with E-state index in [0.717, 1.165) is 19.5 Å². The standard InChI is InChI=1S/C17H33N3O2/c1-2-12-19-16(21)10-7-11-17(22)20-14-13-18-15-8-5-3-4-6-9-15/h15,18H,2-14H2,1H3,(H,19,21)(H,20,22). The fourth-order valence-corrected chi connectivity index (χ4v) is 2.81. The summed E-state index contributed by atoms with van der Waals surface area (Å²) >= 11 is 0. The Kier molecular flexibility index (Phi) is 10.7. The minimum absolute atomic E-state index is 0.0460. The van der Waals surface area contributed by atoms with Crippen LogP contribution in [0.2, 0.25) is 0 Å². The van der Waals surface area contributed by atoms with Crippen LogP contribution in [0.25, 0.3) is 0 Å². The molecule has 0 heterocycles. The number of amides is 2. The smallest absolute Gasteiger partial charge is 0.220 e.